The number of likely N-dealkylation sites (tertiary alicyclic amines) is 1. The van der Waals surface area contributed by atoms with Crippen LogP contribution in [0.5, 0.6) is 0 Å². The van der Waals surface area contributed by atoms with Gasteiger partial charge in [-0.15, -0.1) is 0 Å². The van der Waals surface area contributed by atoms with Gasteiger partial charge in [0, 0.05) is 44.5 Å². The van der Waals surface area contributed by atoms with Crippen molar-refractivity contribution in [1.82, 2.24) is 9.80 Å². The van der Waals surface area contributed by atoms with E-state index in [9.17, 15) is 13.2 Å². The average molecular weight is 423 g/mol. The Morgan fingerprint density at radius 2 is 1.77 bits per heavy atom. The van der Waals surface area contributed by atoms with E-state index in [1.807, 2.05) is 17.0 Å². The highest BCUT2D eigenvalue weighted by atomic mass is 19.4. The molecule has 0 aliphatic carbocycles. The monoisotopic (exact) mass is 423 g/mol. The Morgan fingerprint density at radius 3 is 2.47 bits per heavy atom. The zero-order valence-electron chi connectivity index (χ0n) is 16.9. The third kappa shape index (κ3) is 4.99. The molecular formula is C22H28F3N3O2. The number of hydrogen-bond donors (Lipinski definition) is 1. The number of nitrogens with zero attached hydrogens (tertiary/aromatic N) is 3. The number of anilines is 1. The summed E-state index contributed by atoms with van der Waals surface area (Å²) in [7, 11) is 0. The fourth-order valence-corrected chi connectivity index (χ4v) is 4.51. The number of piperidine rings is 1. The second-order valence-corrected chi connectivity index (χ2v) is 8.13. The predicted molar refractivity (Wildman–Crippen MR) is 108 cm³/mol. The van der Waals surface area contributed by atoms with Crippen molar-refractivity contribution in [3.8, 4) is 0 Å². The molecule has 0 radical (unpaired) electrons. The van der Waals surface area contributed by atoms with Crippen molar-refractivity contribution in [2.24, 2.45) is 0 Å². The first kappa shape index (κ1) is 21.2. The minimum Gasteiger partial charge on any atom is -0.462 e. The summed E-state index contributed by atoms with van der Waals surface area (Å²) in [6, 6.07) is 9.81. The fraction of sp³-hybridized carbons (Fsp3) is 0.545. The number of furan rings is 1. The molecular weight excluding hydrogens is 395 g/mol. The summed E-state index contributed by atoms with van der Waals surface area (Å²) in [4.78, 5) is 6.90. The van der Waals surface area contributed by atoms with E-state index in [-0.39, 0.29) is 6.61 Å². The highest BCUT2D eigenvalue weighted by Crippen LogP contribution is 2.32. The van der Waals surface area contributed by atoms with Crippen molar-refractivity contribution in [3.63, 3.8) is 0 Å². The number of piperazine rings is 1. The van der Waals surface area contributed by atoms with E-state index in [2.05, 4.69) is 9.80 Å². The van der Waals surface area contributed by atoms with Crippen LogP contribution in [0, 0.1) is 0 Å². The van der Waals surface area contributed by atoms with Gasteiger partial charge in [0.05, 0.1) is 12.1 Å². The van der Waals surface area contributed by atoms with Gasteiger partial charge in [0.1, 0.15) is 18.1 Å². The molecule has 0 saturated carbocycles. The first-order valence-corrected chi connectivity index (χ1v) is 10.5. The van der Waals surface area contributed by atoms with E-state index in [4.69, 9.17) is 9.52 Å². The minimum absolute atomic E-state index is 0.0845. The van der Waals surface area contributed by atoms with Gasteiger partial charge in [-0.25, -0.2) is 0 Å². The van der Waals surface area contributed by atoms with Crippen LogP contribution in [0.25, 0.3) is 0 Å². The standard InChI is InChI=1S/C22H28F3N3O2/c23-22(24,25)17-3-1-4-18(13-17)27-9-11-28(12-10-27)19-5-2-8-26(14-19)15-20-6-7-21(16-29)30-20/h1,3-4,6-7,13,19,29H,2,5,8-12,14-16H2. The highest BCUT2D eigenvalue weighted by molar-refractivity contribution is 5.49. The van der Waals surface area contributed by atoms with Crippen molar-refractivity contribution in [2.75, 3.05) is 44.2 Å². The molecule has 2 saturated heterocycles. The lowest BCUT2D eigenvalue weighted by Crippen LogP contribution is -2.55. The smallest absolute Gasteiger partial charge is 0.416 e. The Morgan fingerprint density at radius 1 is 1.00 bits per heavy atom. The lowest BCUT2D eigenvalue weighted by atomic mass is 10.0. The molecule has 1 N–H and O–H groups in total. The SMILES string of the molecule is OCc1ccc(CN2CCCC(N3CCN(c4cccc(C(F)(F)F)c4)CC3)C2)o1. The maximum atomic E-state index is 13.0. The van der Waals surface area contributed by atoms with Crippen molar-refractivity contribution in [3.05, 3.63) is 53.5 Å². The van der Waals surface area contributed by atoms with Gasteiger partial charge in [-0.2, -0.15) is 13.2 Å². The van der Waals surface area contributed by atoms with Crippen molar-refractivity contribution < 1.29 is 22.7 Å². The molecule has 2 aromatic rings. The van der Waals surface area contributed by atoms with Crippen LogP contribution < -0.4 is 4.90 Å². The molecule has 4 rings (SSSR count). The van der Waals surface area contributed by atoms with Crippen LogP contribution in [0.3, 0.4) is 0 Å². The molecule has 2 aliphatic rings. The normalized spacial score (nSPS) is 21.9. The van der Waals surface area contributed by atoms with Gasteiger partial charge in [-0.05, 0) is 49.7 Å². The van der Waals surface area contributed by atoms with E-state index in [1.165, 1.54) is 12.1 Å². The van der Waals surface area contributed by atoms with Crippen LogP contribution in [0.1, 0.15) is 29.9 Å². The predicted octanol–water partition coefficient (Wildman–Crippen LogP) is 3.58. The lowest BCUT2D eigenvalue weighted by Gasteiger charge is -2.44. The Bertz CT molecular complexity index is 831. The number of benzene rings is 1. The Labute approximate surface area is 174 Å². The zero-order valence-corrected chi connectivity index (χ0v) is 16.9. The number of aliphatic hydroxyl groups is 1. The molecule has 5 nitrogen and oxygen atoms in total. The zero-order chi connectivity index (χ0) is 21.1. The summed E-state index contributed by atoms with van der Waals surface area (Å²) in [5.74, 6) is 1.46. The molecule has 2 aliphatic heterocycles. The van der Waals surface area contributed by atoms with Gasteiger partial charge in [-0.1, -0.05) is 6.07 Å². The highest BCUT2D eigenvalue weighted by Gasteiger charge is 2.32. The van der Waals surface area contributed by atoms with Gasteiger partial charge < -0.3 is 14.4 Å². The minimum atomic E-state index is -4.31. The third-order valence-electron chi connectivity index (χ3n) is 6.10. The molecule has 30 heavy (non-hydrogen) atoms. The van der Waals surface area contributed by atoms with E-state index in [0.29, 0.717) is 17.5 Å². The van der Waals surface area contributed by atoms with E-state index < -0.39 is 11.7 Å². The summed E-state index contributed by atoms with van der Waals surface area (Å²) < 4.78 is 44.6. The molecule has 0 amide bonds. The fourth-order valence-electron chi connectivity index (χ4n) is 4.51. The van der Waals surface area contributed by atoms with Gasteiger partial charge in [-0.3, -0.25) is 9.80 Å². The third-order valence-corrected chi connectivity index (χ3v) is 6.10. The first-order valence-electron chi connectivity index (χ1n) is 10.5. The van der Waals surface area contributed by atoms with E-state index in [1.54, 1.807) is 6.07 Å². The molecule has 1 atom stereocenters. The van der Waals surface area contributed by atoms with Crippen LogP contribution in [-0.2, 0) is 19.3 Å². The average Bonchev–Trinajstić information content (AvgIpc) is 3.21. The summed E-state index contributed by atoms with van der Waals surface area (Å²) in [6.07, 6.45) is -2.05. The molecule has 1 unspecified atom stereocenters. The Hall–Kier alpha value is -2.03. The topological polar surface area (TPSA) is 43.1 Å². The molecule has 0 bridgehead atoms. The van der Waals surface area contributed by atoms with E-state index >= 15 is 0 Å². The number of halogens is 3. The summed E-state index contributed by atoms with van der Waals surface area (Å²) in [6.45, 7) is 5.80. The maximum absolute atomic E-state index is 13.0. The van der Waals surface area contributed by atoms with Crippen molar-refractivity contribution in [1.29, 1.82) is 0 Å². The molecule has 3 heterocycles. The van der Waals surface area contributed by atoms with Crippen molar-refractivity contribution in [2.45, 2.75) is 38.2 Å². The van der Waals surface area contributed by atoms with Crippen LogP contribution in [-0.4, -0.2) is 60.2 Å². The Kier molecular flexibility index (Phi) is 6.36. The molecule has 0 spiro atoms. The second kappa shape index (κ2) is 8.99. The number of alkyl halides is 3. The van der Waals surface area contributed by atoms with Crippen LogP contribution in [0.4, 0.5) is 18.9 Å². The molecule has 8 heteroatoms. The van der Waals surface area contributed by atoms with Gasteiger partial charge in [0.2, 0.25) is 0 Å². The number of rotatable bonds is 5. The number of hydrogen-bond acceptors (Lipinski definition) is 5. The second-order valence-electron chi connectivity index (χ2n) is 8.13. The molecule has 1 aromatic heterocycles. The summed E-state index contributed by atoms with van der Waals surface area (Å²) in [5.41, 5.74) is 0.0555. The maximum Gasteiger partial charge on any atom is 0.416 e. The van der Waals surface area contributed by atoms with Gasteiger partial charge in [0.25, 0.3) is 0 Å². The summed E-state index contributed by atoms with van der Waals surface area (Å²) >= 11 is 0. The Balaban J connectivity index is 1.31. The van der Waals surface area contributed by atoms with Gasteiger partial charge in [0.15, 0.2) is 0 Å². The van der Waals surface area contributed by atoms with Crippen molar-refractivity contribution >= 4 is 5.69 Å². The van der Waals surface area contributed by atoms with Gasteiger partial charge >= 0.3 is 6.18 Å². The number of aliphatic hydroxyl groups excluding tert-OH is 1. The summed E-state index contributed by atoms with van der Waals surface area (Å²) in [5, 5.41) is 9.15. The molecule has 2 fully saturated rings. The lowest BCUT2D eigenvalue weighted by molar-refractivity contribution is -0.137. The molecule has 164 valence electrons. The van der Waals surface area contributed by atoms with E-state index in [0.717, 1.165) is 70.5 Å². The van der Waals surface area contributed by atoms with Crippen LogP contribution >= 0.6 is 0 Å². The van der Waals surface area contributed by atoms with Crippen LogP contribution in [0.15, 0.2) is 40.8 Å². The quantitative estimate of drug-likeness (QED) is 0.797. The van der Waals surface area contributed by atoms with Crippen LogP contribution in [0.2, 0.25) is 0 Å². The molecule has 1 aromatic carbocycles. The first-order chi connectivity index (χ1) is 14.4. The largest absolute Gasteiger partial charge is 0.462 e.